The van der Waals surface area contributed by atoms with Gasteiger partial charge in [-0.25, -0.2) is 0 Å². The third-order valence-corrected chi connectivity index (χ3v) is 2.53. The van der Waals surface area contributed by atoms with Gasteiger partial charge in [-0.1, -0.05) is 0 Å². The van der Waals surface area contributed by atoms with Gasteiger partial charge in [0, 0.05) is 26.7 Å². The van der Waals surface area contributed by atoms with E-state index in [1.54, 1.807) is 14.2 Å². The first kappa shape index (κ1) is 11.5. The Labute approximate surface area is 85.0 Å². The summed E-state index contributed by atoms with van der Waals surface area (Å²) >= 11 is 0. The second kappa shape index (κ2) is 4.75. The molecule has 0 heterocycles. The first-order chi connectivity index (χ1) is 6.61. The minimum atomic E-state index is -0.417. The lowest BCUT2D eigenvalue weighted by Crippen LogP contribution is -2.45. The third kappa shape index (κ3) is 3.27. The molecule has 1 aliphatic rings. The molecule has 0 saturated heterocycles. The Kier molecular flexibility index (Phi) is 3.89. The van der Waals surface area contributed by atoms with Crippen molar-refractivity contribution in [3.05, 3.63) is 0 Å². The van der Waals surface area contributed by atoms with Crippen molar-refractivity contribution < 1.29 is 14.3 Å². The monoisotopic (exact) mass is 201 g/mol. The lowest BCUT2D eigenvalue weighted by molar-refractivity contribution is -0.124. The number of hydrogen-bond donors (Lipinski definition) is 1. The molecule has 0 aromatic carbocycles. The Bertz CT molecular complexity index is 204. The number of methoxy groups -OCH3 is 2. The fourth-order valence-corrected chi connectivity index (χ4v) is 1.25. The van der Waals surface area contributed by atoms with Crippen LogP contribution in [-0.4, -0.2) is 38.9 Å². The molecule has 0 aromatic heterocycles. The van der Waals surface area contributed by atoms with Crippen LogP contribution in [0, 0.1) is 5.92 Å². The predicted octanol–water partition coefficient (Wildman–Crippen LogP) is 0.564. The van der Waals surface area contributed by atoms with Crippen LogP contribution >= 0.6 is 0 Å². The predicted molar refractivity (Wildman–Crippen MR) is 53.0 cm³/mol. The molecule has 1 saturated carbocycles. The van der Waals surface area contributed by atoms with Gasteiger partial charge in [-0.2, -0.15) is 0 Å². The van der Waals surface area contributed by atoms with Crippen LogP contribution in [0.1, 0.15) is 19.8 Å². The molecule has 1 atom stereocenters. The Morgan fingerprint density at radius 2 is 2.14 bits per heavy atom. The molecule has 4 nitrogen and oxygen atoms in total. The van der Waals surface area contributed by atoms with Crippen LogP contribution < -0.4 is 5.32 Å². The van der Waals surface area contributed by atoms with Crippen LogP contribution in [0.15, 0.2) is 0 Å². The molecule has 0 aliphatic heterocycles. The van der Waals surface area contributed by atoms with Crippen molar-refractivity contribution in [2.24, 2.45) is 5.92 Å². The van der Waals surface area contributed by atoms with Crippen molar-refractivity contribution in [3.63, 3.8) is 0 Å². The minimum Gasteiger partial charge on any atom is -0.382 e. The number of nitrogens with one attached hydrogen (secondary N) is 1. The van der Waals surface area contributed by atoms with Crippen molar-refractivity contribution in [2.45, 2.75) is 25.4 Å². The summed E-state index contributed by atoms with van der Waals surface area (Å²) in [5, 5.41) is 2.88. The second-order valence-corrected chi connectivity index (χ2v) is 4.08. The topological polar surface area (TPSA) is 47.6 Å². The maximum atomic E-state index is 11.4. The van der Waals surface area contributed by atoms with E-state index in [2.05, 4.69) is 5.32 Å². The largest absolute Gasteiger partial charge is 0.382 e. The molecule has 0 bridgehead atoms. The van der Waals surface area contributed by atoms with Gasteiger partial charge in [0.25, 0.3) is 0 Å². The zero-order valence-electron chi connectivity index (χ0n) is 9.13. The maximum Gasteiger partial charge on any atom is 0.223 e. The molecule has 0 radical (unpaired) electrons. The number of amides is 1. The van der Waals surface area contributed by atoms with Gasteiger partial charge in [-0.05, 0) is 19.8 Å². The summed E-state index contributed by atoms with van der Waals surface area (Å²) in [5.74, 6) is 0.392. The van der Waals surface area contributed by atoms with E-state index in [-0.39, 0.29) is 11.8 Å². The molecule has 0 unspecified atom stereocenters. The quantitative estimate of drug-likeness (QED) is 0.683. The number of ether oxygens (including phenoxy) is 2. The van der Waals surface area contributed by atoms with Crippen LogP contribution in [0.2, 0.25) is 0 Å². The van der Waals surface area contributed by atoms with E-state index in [0.717, 1.165) is 12.8 Å². The highest BCUT2D eigenvalue weighted by Gasteiger charge is 2.31. The molecular weight excluding hydrogens is 182 g/mol. The van der Waals surface area contributed by atoms with Crippen LogP contribution in [0.3, 0.4) is 0 Å². The van der Waals surface area contributed by atoms with E-state index in [9.17, 15) is 4.79 Å². The van der Waals surface area contributed by atoms with E-state index in [0.29, 0.717) is 13.2 Å². The highest BCUT2D eigenvalue weighted by Crippen LogP contribution is 2.28. The third-order valence-electron chi connectivity index (χ3n) is 2.53. The summed E-state index contributed by atoms with van der Waals surface area (Å²) in [7, 11) is 3.25. The summed E-state index contributed by atoms with van der Waals surface area (Å²) in [6, 6.07) is 0. The first-order valence-electron chi connectivity index (χ1n) is 4.93. The number of carbonyl (C=O) groups is 1. The van der Waals surface area contributed by atoms with Crippen LogP contribution in [0.25, 0.3) is 0 Å². The molecule has 14 heavy (non-hydrogen) atoms. The van der Waals surface area contributed by atoms with Gasteiger partial charge in [0.15, 0.2) is 0 Å². The van der Waals surface area contributed by atoms with E-state index in [1.165, 1.54) is 0 Å². The van der Waals surface area contributed by atoms with Crippen LogP contribution in [0.4, 0.5) is 0 Å². The van der Waals surface area contributed by atoms with E-state index >= 15 is 0 Å². The zero-order chi connectivity index (χ0) is 10.6. The Morgan fingerprint density at radius 3 is 2.57 bits per heavy atom. The van der Waals surface area contributed by atoms with E-state index in [4.69, 9.17) is 9.47 Å². The van der Waals surface area contributed by atoms with Gasteiger partial charge in [-0.15, -0.1) is 0 Å². The van der Waals surface area contributed by atoms with Gasteiger partial charge in [-0.3, -0.25) is 4.79 Å². The van der Waals surface area contributed by atoms with Gasteiger partial charge in [0.2, 0.25) is 5.91 Å². The average Bonchev–Trinajstić information content (AvgIpc) is 2.98. The van der Waals surface area contributed by atoms with Crippen LogP contribution in [0.5, 0.6) is 0 Å². The standard InChI is InChI=1S/C10H19NO3/c1-10(14-3,7-13-2)6-11-9(12)8-4-5-8/h8H,4-7H2,1-3H3,(H,11,12)/t10-/m1/s1. The summed E-state index contributed by atoms with van der Waals surface area (Å²) < 4.78 is 10.3. The smallest absolute Gasteiger partial charge is 0.223 e. The lowest BCUT2D eigenvalue weighted by atomic mass is 10.1. The molecule has 1 aliphatic carbocycles. The second-order valence-electron chi connectivity index (χ2n) is 4.08. The minimum absolute atomic E-state index is 0.143. The van der Waals surface area contributed by atoms with Crippen molar-refractivity contribution in [2.75, 3.05) is 27.4 Å². The number of carbonyl (C=O) groups excluding carboxylic acids is 1. The molecule has 0 aromatic rings. The van der Waals surface area contributed by atoms with Crippen molar-refractivity contribution in [3.8, 4) is 0 Å². The SMILES string of the molecule is COC[C@@](C)(CNC(=O)C1CC1)OC. The van der Waals surface area contributed by atoms with Gasteiger partial charge < -0.3 is 14.8 Å². The van der Waals surface area contributed by atoms with E-state index in [1.807, 2.05) is 6.92 Å². The zero-order valence-corrected chi connectivity index (χ0v) is 9.13. The maximum absolute atomic E-state index is 11.4. The summed E-state index contributed by atoms with van der Waals surface area (Å²) in [6.07, 6.45) is 2.06. The Balaban J connectivity index is 2.28. The summed E-state index contributed by atoms with van der Waals surface area (Å²) in [6.45, 7) is 2.91. The van der Waals surface area contributed by atoms with Gasteiger partial charge in [0.05, 0.1) is 6.61 Å². The molecule has 4 heteroatoms. The highest BCUT2D eigenvalue weighted by molar-refractivity contribution is 5.80. The molecule has 1 amide bonds. The van der Waals surface area contributed by atoms with Crippen molar-refractivity contribution in [1.29, 1.82) is 0 Å². The summed E-state index contributed by atoms with van der Waals surface area (Å²) in [4.78, 5) is 11.4. The molecule has 82 valence electrons. The molecule has 1 fully saturated rings. The first-order valence-corrected chi connectivity index (χ1v) is 4.93. The van der Waals surface area contributed by atoms with Gasteiger partial charge >= 0.3 is 0 Å². The fraction of sp³-hybridized carbons (Fsp3) is 0.900. The molecule has 0 spiro atoms. The van der Waals surface area contributed by atoms with Gasteiger partial charge in [0.1, 0.15) is 5.60 Å². The summed E-state index contributed by atoms with van der Waals surface area (Å²) in [5.41, 5.74) is -0.417. The highest BCUT2D eigenvalue weighted by atomic mass is 16.5. The number of hydrogen-bond acceptors (Lipinski definition) is 3. The Morgan fingerprint density at radius 1 is 1.50 bits per heavy atom. The van der Waals surface area contributed by atoms with E-state index < -0.39 is 5.60 Å². The Hall–Kier alpha value is -0.610. The van der Waals surface area contributed by atoms with Crippen LogP contribution in [-0.2, 0) is 14.3 Å². The molecular formula is C10H19NO3. The fourth-order valence-electron chi connectivity index (χ4n) is 1.25. The lowest BCUT2D eigenvalue weighted by Gasteiger charge is -2.27. The molecule has 1 rings (SSSR count). The number of rotatable bonds is 6. The van der Waals surface area contributed by atoms with Crippen molar-refractivity contribution in [1.82, 2.24) is 5.32 Å². The normalized spacial score (nSPS) is 20.2. The average molecular weight is 201 g/mol. The van der Waals surface area contributed by atoms with Crippen molar-refractivity contribution >= 4 is 5.91 Å². The molecule has 1 N–H and O–H groups in total.